The van der Waals surface area contributed by atoms with Gasteiger partial charge in [-0.1, -0.05) is 29.3 Å². The number of hydrogen-bond donors (Lipinski definition) is 2. The Morgan fingerprint density at radius 2 is 1.76 bits per heavy atom. The van der Waals surface area contributed by atoms with E-state index in [1.807, 2.05) is 0 Å². The fraction of sp³-hybridized carbons (Fsp3) is 0.125. The average Bonchev–Trinajstić information content (AvgIpc) is 2.79. The summed E-state index contributed by atoms with van der Waals surface area (Å²) in [6.45, 7) is 1.66. The van der Waals surface area contributed by atoms with Gasteiger partial charge in [-0.2, -0.15) is 5.10 Å². The van der Waals surface area contributed by atoms with Crippen LogP contribution in [-0.2, 0) is 11.4 Å². The van der Waals surface area contributed by atoms with Gasteiger partial charge in [-0.05, 0) is 60.2 Å². The van der Waals surface area contributed by atoms with E-state index in [-0.39, 0.29) is 18.4 Å². The van der Waals surface area contributed by atoms with E-state index in [2.05, 4.69) is 15.8 Å². The number of ether oxygens (including phenoxy) is 2. The molecule has 0 saturated carbocycles. The molecule has 0 unspecified atom stereocenters. The number of benzene rings is 3. The molecule has 0 aliphatic heterocycles. The number of hydrazone groups is 1. The molecule has 170 valence electrons. The van der Waals surface area contributed by atoms with Crippen LogP contribution in [0.1, 0.15) is 28.4 Å². The minimum absolute atomic E-state index is 0.183. The van der Waals surface area contributed by atoms with Crippen molar-refractivity contribution in [1.29, 1.82) is 0 Å². The van der Waals surface area contributed by atoms with Crippen LogP contribution in [0, 0.1) is 0 Å². The molecule has 2 N–H and O–H groups in total. The SMILES string of the molecule is COc1cc(C=NNC(=O)c2ccc(NC(C)=O)cc2)ccc1OCc1ccc(Cl)cc1Cl. The van der Waals surface area contributed by atoms with E-state index < -0.39 is 0 Å². The number of halogens is 2. The summed E-state index contributed by atoms with van der Waals surface area (Å²) in [6.07, 6.45) is 1.49. The van der Waals surface area contributed by atoms with Crippen molar-refractivity contribution in [2.75, 3.05) is 12.4 Å². The molecule has 0 atom stereocenters. The van der Waals surface area contributed by atoms with Gasteiger partial charge in [0.25, 0.3) is 5.91 Å². The molecule has 0 radical (unpaired) electrons. The molecule has 3 aromatic carbocycles. The maximum atomic E-state index is 12.2. The first-order valence-electron chi connectivity index (χ1n) is 9.81. The van der Waals surface area contributed by atoms with Crippen LogP contribution in [0.4, 0.5) is 5.69 Å². The number of carbonyl (C=O) groups is 2. The molecule has 0 bridgehead atoms. The first-order chi connectivity index (χ1) is 15.9. The molecular weight excluding hydrogens is 465 g/mol. The number of methoxy groups -OCH3 is 1. The van der Waals surface area contributed by atoms with Crippen LogP contribution in [0.25, 0.3) is 0 Å². The number of nitrogens with zero attached hydrogens (tertiary/aromatic N) is 1. The summed E-state index contributed by atoms with van der Waals surface area (Å²) in [4.78, 5) is 23.3. The third-order valence-corrected chi connectivity index (χ3v) is 5.02. The van der Waals surface area contributed by atoms with Crippen molar-refractivity contribution < 1.29 is 19.1 Å². The molecule has 33 heavy (non-hydrogen) atoms. The molecule has 0 fully saturated rings. The largest absolute Gasteiger partial charge is 0.493 e. The van der Waals surface area contributed by atoms with Crippen molar-refractivity contribution in [3.8, 4) is 11.5 Å². The van der Waals surface area contributed by atoms with Gasteiger partial charge < -0.3 is 14.8 Å². The Labute approximate surface area is 201 Å². The van der Waals surface area contributed by atoms with Crippen molar-refractivity contribution in [2.45, 2.75) is 13.5 Å². The number of anilines is 1. The zero-order chi connectivity index (χ0) is 23.8. The van der Waals surface area contributed by atoms with E-state index in [1.165, 1.54) is 20.2 Å². The second-order valence-corrected chi connectivity index (χ2v) is 7.74. The average molecular weight is 486 g/mol. The summed E-state index contributed by atoms with van der Waals surface area (Å²) in [7, 11) is 1.53. The number of nitrogens with one attached hydrogen (secondary N) is 2. The molecule has 3 rings (SSSR count). The Kier molecular flexibility index (Phi) is 8.29. The van der Waals surface area contributed by atoms with Crippen molar-refractivity contribution in [3.63, 3.8) is 0 Å². The lowest BCUT2D eigenvalue weighted by molar-refractivity contribution is -0.114. The Morgan fingerprint density at radius 3 is 2.42 bits per heavy atom. The maximum Gasteiger partial charge on any atom is 0.271 e. The van der Waals surface area contributed by atoms with E-state index >= 15 is 0 Å². The Hall–Kier alpha value is -3.55. The summed E-state index contributed by atoms with van der Waals surface area (Å²) in [6, 6.07) is 16.9. The van der Waals surface area contributed by atoms with E-state index in [4.69, 9.17) is 32.7 Å². The summed E-state index contributed by atoms with van der Waals surface area (Å²) in [5.41, 5.74) is 4.97. The van der Waals surface area contributed by atoms with Gasteiger partial charge in [0.2, 0.25) is 5.91 Å². The van der Waals surface area contributed by atoms with Crippen LogP contribution in [0.3, 0.4) is 0 Å². The molecule has 0 spiro atoms. The lowest BCUT2D eigenvalue weighted by Gasteiger charge is -2.12. The van der Waals surface area contributed by atoms with Crippen LogP contribution < -0.4 is 20.2 Å². The highest BCUT2D eigenvalue weighted by Crippen LogP contribution is 2.29. The highest BCUT2D eigenvalue weighted by atomic mass is 35.5. The minimum atomic E-state index is -0.382. The molecule has 0 aromatic heterocycles. The lowest BCUT2D eigenvalue weighted by Crippen LogP contribution is -2.17. The molecule has 9 heteroatoms. The van der Waals surface area contributed by atoms with Crippen LogP contribution in [-0.4, -0.2) is 25.1 Å². The van der Waals surface area contributed by atoms with Crippen molar-refractivity contribution in [1.82, 2.24) is 5.43 Å². The van der Waals surface area contributed by atoms with Crippen molar-refractivity contribution in [2.24, 2.45) is 5.10 Å². The summed E-state index contributed by atoms with van der Waals surface area (Å²) in [5.74, 6) is 0.470. The van der Waals surface area contributed by atoms with E-state index in [1.54, 1.807) is 60.7 Å². The predicted molar refractivity (Wildman–Crippen MR) is 130 cm³/mol. The summed E-state index contributed by atoms with van der Waals surface area (Å²) >= 11 is 12.1. The number of amides is 2. The predicted octanol–water partition coefficient (Wildman–Crippen LogP) is 5.30. The maximum absolute atomic E-state index is 12.2. The quantitative estimate of drug-likeness (QED) is 0.334. The second-order valence-electron chi connectivity index (χ2n) is 6.89. The number of hydrogen-bond acceptors (Lipinski definition) is 5. The van der Waals surface area contributed by atoms with E-state index in [0.29, 0.717) is 38.4 Å². The van der Waals surface area contributed by atoms with Gasteiger partial charge in [0, 0.05) is 33.8 Å². The van der Waals surface area contributed by atoms with E-state index in [9.17, 15) is 9.59 Å². The van der Waals surface area contributed by atoms with Gasteiger partial charge in [-0.3, -0.25) is 9.59 Å². The van der Waals surface area contributed by atoms with Crippen molar-refractivity contribution >= 4 is 46.9 Å². The standard InChI is InChI=1S/C24H21Cl2N3O4/c1-15(30)28-20-8-5-17(6-9-20)24(31)29-27-13-16-3-10-22(23(11-16)32-2)33-14-18-4-7-19(25)12-21(18)26/h3-13H,14H2,1-2H3,(H,28,30)(H,29,31). The first kappa shape index (κ1) is 24.1. The van der Waals surface area contributed by atoms with Crippen LogP contribution in [0.15, 0.2) is 65.8 Å². The molecule has 7 nitrogen and oxygen atoms in total. The number of rotatable bonds is 8. The van der Waals surface area contributed by atoms with E-state index in [0.717, 1.165) is 5.56 Å². The Morgan fingerprint density at radius 1 is 1.00 bits per heavy atom. The highest BCUT2D eigenvalue weighted by molar-refractivity contribution is 6.35. The second kappa shape index (κ2) is 11.4. The van der Waals surface area contributed by atoms with Gasteiger partial charge in [0.05, 0.1) is 13.3 Å². The lowest BCUT2D eigenvalue weighted by atomic mass is 10.2. The molecule has 0 saturated heterocycles. The molecular formula is C24H21Cl2N3O4. The van der Waals surface area contributed by atoms with Gasteiger partial charge >= 0.3 is 0 Å². The monoisotopic (exact) mass is 485 g/mol. The topological polar surface area (TPSA) is 89.0 Å². The third kappa shape index (κ3) is 6.97. The van der Waals surface area contributed by atoms with Crippen molar-refractivity contribution in [3.05, 3.63) is 87.4 Å². The zero-order valence-electron chi connectivity index (χ0n) is 17.9. The molecule has 2 amide bonds. The fourth-order valence-corrected chi connectivity index (χ4v) is 3.28. The number of carbonyl (C=O) groups excluding carboxylic acids is 2. The van der Waals surface area contributed by atoms with Gasteiger partial charge in [-0.15, -0.1) is 0 Å². The summed E-state index contributed by atoms with van der Waals surface area (Å²) < 4.78 is 11.2. The van der Waals surface area contributed by atoms with Crippen LogP contribution >= 0.6 is 23.2 Å². The smallest absolute Gasteiger partial charge is 0.271 e. The fourth-order valence-electron chi connectivity index (χ4n) is 2.82. The molecule has 0 aliphatic carbocycles. The first-order valence-corrected chi connectivity index (χ1v) is 10.6. The minimum Gasteiger partial charge on any atom is -0.493 e. The molecule has 0 heterocycles. The Balaban J connectivity index is 1.60. The van der Waals surface area contributed by atoms with Gasteiger partial charge in [-0.25, -0.2) is 5.43 Å². The normalized spacial score (nSPS) is 10.7. The highest BCUT2D eigenvalue weighted by Gasteiger charge is 2.08. The Bertz CT molecular complexity index is 1180. The van der Waals surface area contributed by atoms with Gasteiger partial charge in [0.1, 0.15) is 6.61 Å². The third-order valence-electron chi connectivity index (χ3n) is 4.43. The summed E-state index contributed by atoms with van der Waals surface area (Å²) in [5, 5.41) is 7.70. The zero-order valence-corrected chi connectivity index (χ0v) is 19.4. The van der Waals surface area contributed by atoms with Crippen LogP contribution in [0.2, 0.25) is 10.0 Å². The van der Waals surface area contributed by atoms with Gasteiger partial charge in [0.15, 0.2) is 11.5 Å². The molecule has 0 aliphatic rings. The molecule has 3 aromatic rings. The van der Waals surface area contributed by atoms with Crippen LogP contribution in [0.5, 0.6) is 11.5 Å².